The molecule has 0 saturated carbocycles. The fourth-order valence-corrected chi connectivity index (χ4v) is 3.26. The zero-order valence-corrected chi connectivity index (χ0v) is 13.8. The van der Waals surface area contributed by atoms with Gasteiger partial charge in [-0.2, -0.15) is 0 Å². The first kappa shape index (κ1) is 16.6. The van der Waals surface area contributed by atoms with Crippen LogP contribution in [0, 0.1) is 0 Å². The molecule has 0 aliphatic heterocycles. The van der Waals surface area contributed by atoms with Crippen LogP contribution in [-0.2, 0) is 20.0 Å². The van der Waals surface area contributed by atoms with Crippen LogP contribution in [0.15, 0.2) is 48.5 Å². The van der Waals surface area contributed by atoms with Crippen LogP contribution < -0.4 is 5.30 Å². The molecule has 0 unspecified atom stereocenters. The van der Waals surface area contributed by atoms with Crippen LogP contribution in [0.5, 0.6) is 0 Å². The highest BCUT2D eigenvalue weighted by molar-refractivity contribution is 7.62. The number of benzene rings is 2. The van der Waals surface area contributed by atoms with E-state index in [1.165, 1.54) is 14.2 Å². The largest absolute Gasteiger partial charge is 0.360 e. The Morgan fingerprint density at radius 1 is 0.909 bits per heavy atom. The average Bonchev–Trinajstić information content (AvgIpc) is 2.55. The summed E-state index contributed by atoms with van der Waals surface area (Å²) in [6.07, 6.45) is 0.739. The van der Waals surface area contributed by atoms with E-state index in [-0.39, 0.29) is 5.78 Å². The SMILES string of the molecule is COP(=O)(OC)c1ccc(Cc2ccc(C(C)=O)cc2)cc1. The van der Waals surface area contributed by atoms with Gasteiger partial charge < -0.3 is 9.05 Å². The number of hydrogen-bond acceptors (Lipinski definition) is 4. The van der Waals surface area contributed by atoms with Gasteiger partial charge in [-0.15, -0.1) is 0 Å². The number of ketones is 1. The molecule has 0 spiro atoms. The minimum Gasteiger partial charge on any atom is -0.309 e. The third-order valence-corrected chi connectivity index (χ3v) is 5.39. The second kappa shape index (κ2) is 7.01. The van der Waals surface area contributed by atoms with Crippen molar-refractivity contribution in [2.45, 2.75) is 13.3 Å². The Morgan fingerprint density at radius 2 is 1.36 bits per heavy atom. The van der Waals surface area contributed by atoms with Gasteiger partial charge in [-0.05, 0) is 36.6 Å². The van der Waals surface area contributed by atoms with Gasteiger partial charge in [0.15, 0.2) is 5.78 Å². The van der Waals surface area contributed by atoms with Crippen LogP contribution in [-0.4, -0.2) is 20.0 Å². The highest BCUT2D eigenvalue weighted by Crippen LogP contribution is 2.44. The van der Waals surface area contributed by atoms with E-state index in [1.807, 2.05) is 36.4 Å². The van der Waals surface area contributed by atoms with Crippen molar-refractivity contribution in [3.8, 4) is 0 Å². The number of Topliss-reactive ketones (excluding diaryl/α,β-unsaturated/α-hetero) is 1. The number of carbonyl (C=O) groups excluding carboxylic acids is 1. The number of carbonyl (C=O) groups is 1. The van der Waals surface area contributed by atoms with Crippen molar-refractivity contribution < 1.29 is 18.4 Å². The van der Waals surface area contributed by atoms with Crippen LogP contribution in [0.25, 0.3) is 0 Å². The van der Waals surface area contributed by atoms with Gasteiger partial charge in [0.1, 0.15) is 0 Å². The first-order chi connectivity index (χ1) is 10.5. The van der Waals surface area contributed by atoms with Crippen molar-refractivity contribution in [3.05, 3.63) is 65.2 Å². The molecule has 0 amide bonds. The highest BCUT2D eigenvalue weighted by atomic mass is 31.2. The second-order valence-electron chi connectivity index (χ2n) is 4.96. The summed E-state index contributed by atoms with van der Waals surface area (Å²) in [7, 11) is -0.451. The summed E-state index contributed by atoms with van der Waals surface area (Å²) in [5.41, 5.74) is 2.90. The molecule has 4 nitrogen and oxygen atoms in total. The van der Waals surface area contributed by atoms with Crippen molar-refractivity contribution in [3.63, 3.8) is 0 Å². The summed E-state index contributed by atoms with van der Waals surface area (Å²) in [4.78, 5) is 11.3. The van der Waals surface area contributed by atoms with Gasteiger partial charge >= 0.3 is 7.60 Å². The normalized spacial score (nSPS) is 11.4. The quantitative estimate of drug-likeness (QED) is 0.603. The van der Waals surface area contributed by atoms with E-state index in [9.17, 15) is 9.36 Å². The maximum atomic E-state index is 12.2. The summed E-state index contributed by atoms with van der Waals surface area (Å²) in [5, 5.41) is 0.535. The smallest absolute Gasteiger partial charge is 0.309 e. The molecule has 0 bridgehead atoms. The molecule has 0 saturated heterocycles. The molecule has 0 N–H and O–H groups in total. The van der Waals surface area contributed by atoms with E-state index in [0.29, 0.717) is 10.9 Å². The van der Waals surface area contributed by atoms with Gasteiger partial charge in [0, 0.05) is 19.8 Å². The lowest BCUT2D eigenvalue weighted by Gasteiger charge is -2.14. The van der Waals surface area contributed by atoms with Gasteiger partial charge in [0.2, 0.25) is 0 Å². The van der Waals surface area contributed by atoms with Gasteiger partial charge in [0.25, 0.3) is 0 Å². The highest BCUT2D eigenvalue weighted by Gasteiger charge is 2.23. The molecular formula is C17H19O4P. The second-order valence-corrected chi connectivity index (χ2v) is 7.20. The van der Waals surface area contributed by atoms with Crippen molar-refractivity contribution in [1.82, 2.24) is 0 Å². The molecule has 0 aliphatic rings. The Bertz CT molecular complexity index is 682. The average molecular weight is 318 g/mol. The molecule has 22 heavy (non-hydrogen) atoms. The zero-order chi connectivity index (χ0) is 16.2. The monoisotopic (exact) mass is 318 g/mol. The molecule has 0 fully saturated rings. The fraction of sp³-hybridized carbons (Fsp3) is 0.235. The van der Waals surface area contributed by atoms with Crippen molar-refractivity contribution >= 4 is 18.7 Å². The van der Waals surface area contributed by atoms with E-state index in [2.05, 4.69) is 0 Å². The predicted molar refractivity (Wildman–Crippen MR) is 87.0 cm³/mol. The van der Waals surface area contributed by atoms with Crippen molar-refractivity contribution in [2.24, 2.45) is 0 Å². The molecule has 2 rings (SSSR count). The third kappa shape index (κ3) is 3.72. The van der Waals surface area contributed by atoms with Gasteiger partial charge in [0.05, 0.1) is 5.30 Å². The Labute approximate surface area is 130 Å². The lowest BCUT2D eigenvalue weighted by molar-refractivity contribution is 0.101. The summed E-state index contributed by atoms with van der Waals surface area (Å²) in [5.74, 6) is 0.0609. The molecule has 0 atom stereocenters. The zero-order valence-electron chi connectivity index (χ0n) is 12.9. The lowest BCUT2D eigenvalue weighted by Crippen LogP contribution is -2.07. The minimum absolute atomic E-state index is 0.0609. The molecule has 5 heteroatoms. The number of hydrogen-bond donors (Lipinski definition) is 0. The molecular weight excluding hydrogens is 299 g/mol. The summed E-state index contributed by atoms with van der Waals surface area (Å²) in [6, 6.07) is 14.9. The summed E-state index contributed by atoms with van der Waals surface area (Å²) in [6.45, 7) is 1.55. The standard InChI is InChI=1S/C17H19O4P/c1-13(18)16-8-4-14(5-9-16)12-15-6-10-17(11-7-15)22(19,20-2)21-3/h4-11H,12H2,1-3H3. The Hall–Kier alpha value is -1.74. The molecule has 2 aromatic rings. The van der Waals surface area contributed by atoms with E-state index in [1.54, 1.807) is 19.1 Å². The van der Waals surface area contributed by atoms with Crippen LogP contribution in [0.4, 0.5) is 0 Å². The maximum Gasteiger partial charge on any atom is 0.360 e. The van der Waals surface area contributed by atoms with E-state index in [4.69, 9.17) is 9.05 Å². The van der Waals surface area contributed by atoms with E-state index < -0.39 is 7.60 Å². The molecule has 0 aromatic heterocycles. The van der Waals surface area contributed by atoms with E-state index >= 15 is 0 Å². The maximum absolute atomic E-state index is 12.2. The Balaban J connectivity index is 2.14. The van der Waals surface area contributed by atoms with Gasteiger partial charge in [-0.1, -0.05) is 36.4 Å². The predicted octanol–water partition coefficient (Wildman–Crippen LogP) is 3.59. The Kier molecular flexibility index (Phi) is 5.30. The van der Waals surface area contributed by atoms with Crippen LogP contribution >= 0.6 is 7.60 Å². The van der Waals surface area contributed by atoms with Gasteiger partial charge in [-0.3, -0.25) is 9.36 Å². The topological polar surface area (TPSA) is 52.6 Å². The first-order valence-electron chi connectivity index (χ1n) is 6.89. The van der Waals surface area contributed by atoms with Crippen molar-refractivity contribution in [1.29, 1.82) is 0 Å². The Morgan fingerprint density at radius 3 is 1.77 bits per heavy atom. The van der Waals surface area contributed by atoms with Crippen LogP contribution in [0.2, 0.25) is 0 Å². The molecule has 0 aliphatic carbocycles. The number of rotatable bonds is 6. The van der Waals surface area contributed by atoms with Gasteiger partial charge in [-0.25, -0.2) is 0 Å². The molecule has 0 radical (unpaired) electrons. The summed E-state index contributed by atoms with van der Waals surface area (Å²) >= 11 is 0. The van der Waals surface area contributed by atoms with Crippen molar-refractivity contribution in [2.75, 3.05) is 14.2 Å². The first-order valence-corrected chi connectivity index (χ1v) is 8.43. The molecule has 0 heterocycles. The van der Waals surface area contributed by atoms with Crippen LogP contribution in [0.3, 0.4) is 0 Å². The van der Waals surface area contributed by atoms with E-state index in [0.717, 1.165) is 17.5 Å². The van der Waals surface area contributed by atoms with Crippen LogP contribution in [0.1, 0.15) is 28.4 Å². The third-order valence-electron chi connectivity index (χ3n) is 3.50. The lowest BCUT2D eigenvalue weighted by atomic mass is 10.0. The minimum atomic E-state index is -3.19. The molecule has 2 aromatic carbocycles. The summed E-state index contributed by atoms with van der Waals surface area (Å²) < 4.78 is 22.2. The fourth-order valence-electron chi connectivity index (χ4n) is 2.17. The molecule has 116 valence electrons.